The molecule has 0 aliphatic rings. The number of carbonyl (C=O) groups is 1. The lowest BCUT2D eigenvalue weighted by atomic mass is 10.1. The second-order valence-electron chi connectivity index (χ2n) is 7.28. The Morgan fingerprint density at radius 3 is 2.56 bits per heavy atom. The summed E-state index contributed by atoms with van der Waals surface area (Å²) >= 11 is 6.04. The van der Waals surface area contributed by atoms with E-state index in [1.54, 1.807) is 24.3 Å². The number of nitrogens with zero attached hydrogens (tertiary/aromatic N) is 8. The van der Waals surface area contributed by atoms with Crippen molar-refractivity contribution in [3.8, 4) is 17.6 Å². The van der Waals surface area contributed by atoms with E-state index >= 15 is 0 Å². The third kappa shape index (κ3) is 4.10. The van der Waals surface area contributed by atoms with Gasteiger partial charge < -0.3 is 5.32 Å². The quantitative estimate of drug-likeness (QED) is 0.360. The number of hydrogen-bond acceptors (Lipinski definition) is 7. The van der Waals surface area contributed by atoms with E-state index < -0.39 is 23.3 Å². The number of benzene rings is 1. The lowest BCUT2D eigenvalue weighted by Crippen LogP contribution is -2.21. The third-order valence-corrected chi connectivity index (χ3v) is 5.22. The van der Waals surface area contributed by atoms with Crippen molar-refractivity contribution in [3.05, 3.63) is 83.2 Å². The summed E-state index contributed by atoms with van der Waals surface area (Å²) in [4.78, 5) is 22.2. The molecule has 0 bridgehead atoms. The van der Waals surface area contributed by atoms with Crippen LogP contribution >= 0.6 is 11.6 Å². The van der Waals surface area contributed by atoms with Crippen molar-refractivity contribution in [2.45, 2.75) is 6.18 Å². The number of anilines is 1. The number of para-hydroxylation sites is 1. The van der Waals surface area contributed by atoms with Gasteiger partial charge in [-0.2, -0.15) is 33.7 Å². The molecule has 0 aliphatic carbocycles. The standard InChI is InChI=1S/C22H11ClF3N9O/c23-18-8-17(14-3-1-2-4-16(14)33-18)34-19(22(24,25)26)15(11-31-34)21(36)32-13-7-12(9-27)20(28-10-13)35-29-5-6-30-35/h1-8,10-11H,(H,32,36). The Labute approximate surface area is 204 Å². The molecule has 4 aromatic heterocycles. The van der Waals surface area contributed by atoms with Gasteiger partial charge in [-0.1, -0.05) is 29.8 Å². The van der Waals surface area contributed by atoms with Crippen LogP contribution in [0.5, 0.6) is 0 Å². The smallest absolute Gasteiger partial charge is 0.320 e. The van der Waals surface area contributed by atoms with Gasteiger partial charge in [0.25, 0.3) is 5.91 Å². The minimum Gasteiger partial charge on any atom is -0.320 e. The van der Waals surface area contributed by atoms with Gasteiger partial charge in [0.15, 0.2) is 11.5 Å². The van der Waals surface area contributed by atoms with Crippen molar-refractivity contribution in [2.24, 2.45) is 0 Å². The third-order valence-electron chi connectivity index (χ3n) is 5.03. The Balaban J connectivity index is 1.56. The van der Waals surface area contributed by atoms with Gasteiger partial charge in [-0.3, -0.25) is 4.79 Å². The topological polar surface area (TPSA) is 127 Å². The highest BCUT2D eigenvalue weighted by molar-refractivity contribution is 6.30. The van der Waals surface area contributed by atoms with Gasteiger partial charge in [-0.15, -0.1) is 4.80 Å². The number of nitrogens with one attached hydrogen (secondary N) is 1. The molecule has 178 valence electrons. The maximum Gasteiger partial charge on any atom is 0.434 e. The largest absolute Gasteiger partial charge is 0.434 e. The summed E-state index contributed by atoms with van der Waals surface area (Å²) in [7, 11) is 0. The first-order chi connectivity index (χ1) is 17.3. The molecule has 0 aliphatic heterocycles. The molecular weight excluding hydrogens is 499 g/mol. The molecule has 1 aromatic carbocycles. The van der Waals surface area contributed by atoms with Crippen LogP contribution in [-0.2, 0) is 6.18 Å². The van der Waals surface area contributed by atoms with Crippen LogP contribution in [0.1, 0.15) is 21.6 Å². The van der Waals surface area contributed by atoms with Crippen molar-refractivity contribution in [2.75, 3.05) is 5.32 Å². The summed E-state index contributed by atoms with van der Waals surface area (Å²) in [6.07, 6.45) is -0.207. The normalized spacial score (nSPS) is 11.4. The zero-order chi connectivity index (χ0) is 25.4. The lowest BCUT2D eigenvalue weighted by molar-refractivity contribution is -0.143. The van der Waals surface area contributed by atoms with Gasteiger partial charge in [0, 0.05) is 11.5 Å². The summed E-state index contributed by atoms with van der Waals surface area (Å²) in [6, 6.07) is 10.8. The molecule has 14 heteroatoms. The number of aromatic nitrogens is 7. The monoisotopic (exact) mass is 509 g/mol. The van der Waals surface area contributed by atoms with Crippen LogP contribution in [0.15, 0.2) is 61.2 Å². The predicted molar refractivity (Wildman–Crippen MR) is 121 cm³/mol. The van der Waals surface area contributed by atoms with E-state index in [4.69, 9.17) is 11.6 Å². The Hall–Kier alpha value is -4.83. The summed E-state index contributed by atoms with van der Waals surface area (Å²) in [5.41, 5.74) is -1.70. The van der Waals surface area contributed by atoms with E-state index in [0.29, 0.717) is 15.6 Å². The number of alkyl halides is 3. The van der Waals surface area contributed by atoms with E-state index in [9.17, 15) is 23.2 Å². The second kappa shape index (κ2) is 8.75. The number of nitriles is 1. The van der Waals surface area contributed by atoms with Crippen LogP contribution in [0, 0.1) is 11.3 Å². The van der Waals surface area contributed by atoms with E-state index in [2.05, 4.69) is 30.6 Å². The average Bonchev–Trinajstić information content (AvgIpc) is 3.54. The summed E-state index contributed by atoms with van der Waals surface area (Å²) in [6.45, 7) is 0. The van der Waals surface area contributed by atoms with Crippen LogP contribution in [-0.4, -0.2) is 40.6 Å². The minimum absolute atomic E-state index is 0.00137. The lowest BCUT2D eigenvalue weighted by Gasteiger charge is -2.14. The van der Waals surface area contributed by atoms with Gasteiger partial charge in [0.1, 0.15) is 16.8 Å². The highest BCUT2D eigenvalue weighted by Crippen LogP contribution is 2.36. The molecule has 0 radical (unpaired) electrons. The van der Waals surface area contributed by atoms with E-state index in [1.807, 2.05) is 6.07 Å². The van der Waals surface area contributed by atoms with Gasteiger partial charge in [-0.05, 0) is 12.1 Å². The Kier molecular flexibility index (Phi) is 5.57. The molecule has 36 heavy (non-hydrogen) atoms. The number of carbonyl (C=O) groups excluding carboxylic acids is 1. The number of halogens is 4. The van der Waals surface area contributed by atoms with Gasteiger partial charge in [0.05, 0.1) is 47.2 Å². The van der Waals surface area contributed by atoms with Crippen molar-refractivity contribution >= 4 is 34.1 Å². The number of amides is 1. The Morgan fingerprint density at radius 1 is 1.08 bits per heavy atom. The van der Waals surface area contributed by atoms with Gasteiger partial charge in [0.2, 0.25) is 0 Å². The fourth-order valence-corrected chi connectivity index (χ4v) is 3.76. The van der Waals surface area contributed by atoms with Crippen molar-refractivity contribution in [1.82, 2.24) is 34.7 Å². The molecule has 5 rings (SSSR count). The molecule has 0 atom stereocenters. The Bertz CT molecular complexity index is 1660. The van der Waals surface area contributed by atoms with Crippen LogP contribution in [0.2, 0.25) is 5.15 Å². The molecule has 0 spiro atoms. The number of hydrogen-bond donors (Lipinski definition) is 1. The molecular formula is C22H11ClF3N9O. The Morgan fingerprint density at radius 2 is 1.83 bits per heavy atom. The number of fused-ring (bicyclic) bond motifs is 1. The van der Waals surface area contributed by atoms with Crippen LogP contribution in [0.3, 0.4) is 0 Å². The average molecular weight is 510 g/mol. The van der Waals surface area contributed by atoms with Crippen LogP contribution in [0.25, 0.3) is 22.4 Å². The fourth-order valence-electron chi connectivity index (χ4n) is 3.56. The van der Waals surface area contributed by atoms with Crippen molar-refractivity contribution < 1.29 is 18.0 Å². The number of pyridine rings is 2. The van der Waals surface area contributed by atoms with E-state index in [1.165, 1.54) is 30.7 Å². The maximum absolute atomic E-state index is 14.2. The first-order valence-corrected chi connectivity index (χ1v) is 10.4. The first-order valence-electron chi connectivity index (χ1n) is 10.1. The van der Waals surface area contributed by atoms with Gasteiger partial charge in [-0.25, -0.2) is 14.6 Å². The SMILES string of the molecule is N#Cc1cc(NC(=O)c2cnn(-c3cc(Cl)nc4ccccc34)c2C(F)(F)F)cnc1-n1nccn1. The summed E-state index contributed by atoms with van der Waals surface area (Å²) < 4.78 is 43.2. The highest BCUT2D eigenvalue weighted by atomic mass is 35.5. The summed E-state index contributed by atoms with van der Waals surface area (Å²) in [5, 5.41) is 23.7. The van der Waals surface area contributed by atoms with Crippen LogP contribution < -0.4 is 5.32 Å². The van der Waals surface area contributed by atoms with Gasteiger partial charge >= 0.3 is 6.18 Å². The van der Waals surface area contributed by atoms with E-state index in [0.717, 1.165) is 11.0 Å². The first kappa shape index (κ1) is 22.9. The zero-order valence-corrected chi connectivity index (χ0v) is 18.5. The molecule has 1 amide bonds. The molecule has 4 heterocycles. The second-order valence-corrected chi connectivity index (χ2v) is 7.66. The number of rotatable bonds is 4. The zero-order valence-electron chi connectivity index (χ0n) is 17.8. The fraction of sp³-hybridized carbons (Fsp3) is 0.0455. The maximum atomic E-state index is 14.2. The highest BCUT2D eigenvalue weighted by Gasteiger charge is 2.41. The summed E-state index contributed by atoms with van der Waals surface area (Å²) in [5.74, 6) is -1.01. The molecule has 10 nitrogen and oxygen atoms in total. The molecule has 0 fully saturated rings. The van der Waals surface area contributed by atoms with Crippen LogP contribution in [0.4, 0.5) is 18.9 Å². The predicted octanol–water partition coefficient (Wildman–Crippen LogP) is 4.19. The molecule has 1 N–H and O–H groups in total. The molecule has 0 saturated carbocycles. The van der Waals surface area contributed by atoms with Crippen molar-refractivity contribution in [3.63, 3.8) is 0 Å². The molecule has 0 saturated heterocycles. The van der Waals surface area contributed by atoms with E-state index in [-0.39, 0.29) is 27.9 Å². The molecule has 0 unspecified atom stereocenters. The molecule has 5 aromatic rings. The minimum atomic E-state index is -4.95. The van der Waals surface area contributed by atoms with Crippen molar-refractivity contribution in [1.29, 1.82) is 5.26 Å².